The van der Waals surface area contributed by atoms with Gasteiger partial charge >= 0.3 is 5.97 Å². The number of carboxylic acid groups (broad SMARTS) is 1. The van der Waals surface area contributed by atoms with Gasteiger partial charge in [-0.1, -0.05) is 6.07 Å². The second kappa shape index (κ2) is 4.53. The molecule has 1 aliphatic heterocycles. The van der Waals surface area contributed by atoms with E-state index in [0.29, 0.717) is 17.2 Å². The fraction of sp³-hybridized carbons (Fsp3) is 0.0714. The Morgan fingerprint density at radius 3 is 2.68 bits per heavy atom. The molecule has 0 unspecified atom stereocenters. The molecule has 5 heteroatoms. The molecule has 0 fully saturated rings. The minimum Gasteiger partial charge on any atom is -0.478 e. The van der Waals surface area contributed by atoms with Crippen molar-refractivity contribution < 1.29 is 19.4 Å². The van der Waals surface area contributed by atoms with Gasteiger partial charge in [0.15, 0.2) is 11.5 Å². The van der Waals surface area contributed by atoms with E-state index in [9.17, 15) is 4.79 Å². The Balaban J connectivity index is 1.85. The number of benzene rings is 2. The van der Waals surface area contributed by atoms with E-state index in [1.165, 1.54) is 0 Å². The van der Waals surface area contributed by atoms with Crippen molar-refractivity contribution in [1.82, 2.24) is 0 Å². The van der Waals surface area contributed by atoms with Crippen LogP contribution in [-0.4, -0.2) is 17.9 Å². The molecule has 0 amide bonds. The number of hydrogen-bond donors (Lipinski definition) is 2. The zero-order chi connectivity index (χ0) is 13.2. The van der Waals surface area contributed by atoms with Crippen LogP contribution in [0.5, 0.6) is 11.5 Å². The molecule has 96 valence electrons. The molecule has 1 aliphatic rings. The molecule has 0 spiro atoms. The first-order chi connectivity index (χ1) is 9.22. The maximum Gasteiger partial charge on any atom is 0.335 e. The van der Waals surface area contributed by atoms with Gasteiger partial charge in [0.25, 0.3) is 0 Å². The summed E-state index contributed by atoms with van der Waals surface area (Å²) in [5.74, 6) is 0.443. The Hall–Kier alpha value is -2.69. The molecule has 0 aromatic heterocycles. The molecule has 0 radical (unpaired) electrons. The summed E-state index contributed by atoms with van der Waals surface area (Å²) in [6, 6.07) is 12.1. The first kappa shape index (κ1) is 11.4. The van der Waals surface area contributed by atoms with Gasteiger partial charge in [0, 0.05) is 17.4 Å². The Morgan fingerprint density at radius 1 is 1.05 bits per heavy atom. The Bertz CT molecular complexity index is 639. The van der Waals surface area contributed by atoms with Crippen LogP contribution < -0.4 is 14.8 Å². The monoisotopic (exact) mass is 257 g/mol. The molecule has 0 aliphatic carbocycles. The molecule has 0 atom stereocenters. The SMILES string of the molecule is O=C(O)c1cccc(Nc2ccc3c(c2)OCO3)c1. The lowest BCUT2D eigenvalue weighted by Crippen LogP contribution is -1.97. The van der Waals surface area contributed by atoms with Crippen molar-refractivity contribution in [3.8, 4) is 11.5 Å². The Labute approximate surface area is 109 Å². The number of ether oxygens (including phenoxy) is 2. The van der Waals surface area contributed by atoms with Gasteiger partial charge < -0.3 is 19.9 Å². The first-order valence-electron chi connectivity index (χ1n) is 5.72. The lowest BCUT2D eigenvalue weighted by atomic mass is 10.2. The predicted molar refractivity (Wildman–Crippen MR) is 69.2 cm³/mol. The van der Waals surface area contributed by atoms with Gasteiger partial charge in [0.1, 0.15) is 0 Å². The molecular formula is C14H11NO4. The summed E-state index contributed by atoms with van der Waals surface area (Å²) < 4.78 is 10.5. The summed E-state index contributed by atoms with van der Waals surface area (Å²) in [4.78, 5) is 10.9. The third kappa shape index (κ3) is 2.30. The number of carbonyl (C=O) groups is 1. The summed E-state index contributed by atoms with van der Waals surface area (Å²) in [6.45, 7) is 0.229. The molecule has 0 saturated heterocycles. The molecule has 5 nitrogen and oxygen atoms in total. The van der Waals surface area contributed by atoms with Crippen LogP contribution in [0.25, 0.3) is 0 Å². The highest BCUT2D eigenvalue weighted by Crippen LogP contribution is 2.35. The zero-order valence-corrected chi connectivity index (χ0v) is 9.92. The van der Waals surface area contributed by atoms with Crippen LogP contribution in [0.2, 0.25) is 0 Å². The number of aromatic carboxylic acids is 1. The van der Waals surface area contributed by atoms with Crippen LogP contribution in [0.3, 0.4) is 0 Å². The van der Waals surface area contributed by atoms with Gasteiger partial charge in [-0.05, 0) is 30.3 Å². The normalized spacial score (nSPS) is 12.2. The number of carboxylic acids is 1. The number of anilines is 2. The van der Waals surface area contributed by atoms with Gasteiger partial charge in [-0.15, -0.1) is 0 Å². The third-order valence-corrected chi connectivity index (χ3v) is 2.77. The van der Waals surface area contributed by atoms with Crippen LogP contribution in [0.4, 0.5) is 11.4 Å². The van der Waals surface area contributed by atoms with E-state index in [-0.39, 0.29) is 12.4 Å². The van der Waals surface area contributed by atoms with Crippen molar-refractivity contribution in [2.75, 3.05) is 12.1 Å². The van der Waals surface area contributed by atoms with E-state index >= 15 is 0 Å². The smallest absolute Gasteiger partial charge is 0.335 e. The third-order valence-electron chi connectivity index (χ3n) is 2.77. The minimum absolute atomic E-state index is 0.229. The van der Waals surface area contributed by atoms with E-state index in [1.54, 1.807) is 24.3 Å². The quantitative estimate of drug-likeness (QED) is 0.884. The molecule has 19 heavy (non-hydrogen) atoms. The van der Waals surface area contributed by atoms with Gasteiger partial charge in [0.05, 0.1) is 5.56 Å². The highest BCUT2D eigenvalue weighted by atomic mass is 16.7. The fourth-order valence-electron chi connectivity index (χ4n) is 1.87. The van der Waals surface area contributed by atoms with E-state index < -0.39 is 5.97 Å². The van der Waals surface area contributed by atoms with Gasteiger partial charge in [-0.2, -0.15) is 0 Å². The van der Waals surface area contributed by atoms with E-state index in [0.717, 1.165) is 5.69 Å². The first-order valence-corrected chi connectivity index (χ1v) is 5.72. The summed E-state index contributed by atoms with van der Waals surface area (Å²) in [5.41, 5.74) is 1.76. The Kier molecular flexibility index (Phi) is 2.72. The van der Waals surface area contributed by atoms with Crippen molar-refractivity contribution in [1.29, 1.82) is 0 Å². The molecule has 0 bridgehead atoms. The minimum atomic E-state index is -0.950. The van der Waals surface area contributed by atoms with Crippen LogP contribution in [0.15, 0.2) is 42.5 Å². The topological polar surface area (TPSA) is 67.8 Å². The largest absolute Gasteiger partial charge is 0.478 e. The summed E-state index contributed by atoms with van der Waals surface area (Å²) >= 11 is 0. The van der Waals surface area contributed by atoms with E-state index in [1.807, 2.05) is 18.2 Å². The molecular weight excluding hydrogens is 246 g/mol. The number of nitrogens with one attached hydrogen (secondary N) is 1. The standard InChI is InChI=1S/C14H11NO4/c16-14(17)9-2-1-3-10(6-9)15-11-4-5-12-13(7-11)19-8-18-12/h1-7,15H,8H2,(H,16,17). The van der Waals surface area contributed by atoms with Crippen molar-refractivity contribution in [3.05, 3.63) is 48.0 Å². The molecule has 0 saturated carbocycles. The predicted octanol–water partition coefficient (Wildman–Crippen LogP) is 2.86. The highest BCUT2D eigenvalue weighted by molar-refractivity contribution is 5.89. The van der Waals surface area contributed by atoms with Gasteiger partial charge in [0.2, 0.25) is 6.79 Å². The molecule has 2 aromatic rings. The van der Waals surface area contributed by atoms with E-state index in [2.05, 4.69) is 5.32 Å². The molecule has 3 rings (SSSR count). The lowest BCUT2D eigenvalue weighted by Gasteiger charge is -2.07. The van der Waals surface area contributed by atoms with Crippen molar-refractivity contribution in [2.45, 2.75) is 0 Å². The fourth-order valence-corrected chi connectivity index (χ4v) is 1.87. The summed E-state index contributed by atoms with van der Waals surface area (Å²) in [6.07, 6.45) is 0. The van der Waals surface area contributed by atoms with Crippen LogP contribution in [0, 0.1) is 0 Å². The molecule has 2 aromatic carbocycles. The number of fused-ring (bicyclic) bond motifs is 1. The van der Waals surface area contributed by atoms with Gasteiger partial charge in [-0.3, -0.25) is 0 Å². The van der Waals surface area contributed by atoms with Crippen LogP contribution in [0.1, 0.15) is 10.4 Å². The Morgan fingerprint density at radius 2 is 1.84 bits per heavy atom. The maximum absolute atomic E-state index is 10.9. The van der Waals surface area contributed by atoms with Crippen molar-refractivity contribution >= 4 is 17.3 Å². The van der Waals surface area contributed by atoms with Crippen LogP contribution in [-0.2, 0) is 0 Å². The summed E-state index contributed by atoms with van der Waals surface area (Å²) in [7, 11) is 0. The van der Waals surface area contributed by atoms with Crippen molar-refractivity contribution in [2.24, 2.45) is 0 Å². The molecule has 2 N–H and O–H groups in total. The average Bonchev–Trinajstić information content (AvgIpc) is 2.86. The maximum atomic E-state index is 10.9. The number of hydrogen-bond acceptors (Lipinski definition) is 4. The van der Waals surface area contributed by atoms with Crippen molar-refractivity contribution in [3.63, 3.8) is 0 Å². The molecule has 1 heterocycles. The number of rotatable bonds is 3. The van der Waals surface area contributed by atoms with Crippen LogP contribution >= 0.6 is 0 Å². The zero-order valence-electron chi connectivity index (χ0n) is 9.92. The lowest BCUT2D eigenvalue weighted by molar-refractivity contribution is 0.0697. The summed E-state index contributed by atoms with van der Waals surface area (Å²) in [5, 5.41) is 12.1. The second-order valence-electron chi connectivity index (χ2n) is 4.08. The van der Waals surface area contributed by atoms with E-state index in [4.69, 9.17) is 14.6 Å². The average molecular weight is 257 g/mol. The highest BCUT2D eigenvalue weighted by Gasteiger charge is 2.13. The van der Waals surface area contributed by atoms with Gasteiger partial charge in [-0.25, -0.2) is 4.79 Å². The second-order valence-corrected chi connectivity index (χ2v) is 4.08.